The van der Waals surface area contributed by atoms with Crippen molar-refractivity contribution in [2.45, 2.75) is 57.3 Å². The number of carbonyl (C=O) groups excluding carboxylic acids is 1. The Morgan fingerprint density at radius 1 is 1.35 bits per heavy atom. The van der Waals surface area contributed by atoms with Crippen molar-refractivity contribution in [3.05, 3.63) is 18.0 Å². The lowest BCUT2D eigenvalue weighted by atomic mass is 9.98. The average molecular weight is 333 g/mol. The van der Waals surface area contributed by atoms with Gasteiger partial charge < -0.3 is 10.1 Å². The van der Waals surface area contributed by atoms with Gasteiger partial charge in [-0.3, -0.25) is 9.48 Å². The van der Waals surface area contributed by atoms with E-state index in [0.717, 1.165) is 29.8 Å². The van der Waals surface area contributed by atoms with E-state index in [2.05, 4.69) is 10.4 Å². The second-order valence-corrected chi connectivity index (χ2v) is 5.73. The van der Waals surface area contributed by atoms with Crippen molar-refractivity contribution < 1.29 is 22.7 Å². The Balaban J connectivity index is 1.59. The molecule has 1 aromatic heterocycles. The van der Waals surface area contributed by atoms with Crippen LogP contribution < -0.4 is 5.32 Å². The van der Waals surface area contributed by atoms with E-state index >= 15 is 0 Å². The van der Waals surface area contributed by atoms with Gasteiger partial charge in [0.15, 0.2) is 5.69 Å². The topological polar surface area (TPSA) is 56.2 Å². The van der Waals surface area contributed by atoms with Gasteiger partial charge in [-0.2, -0.15) is 18.3 Å². The molecular formula is C15H22F3N3O2. The van der Waals surface area contributed by atoms with Gasteiger partial charge in [-0.25, -0.2) is 0 Å². The zero-order valence-electron chi connectivity index (χ0n) is 12.9. The summed E-state index contributed by atoms with van der Waals surface area (Å²) in [6, 6.07) is 0.852. The van der Waals surface area contributed by atoms with Crippen molar-refractivity contribution in [1.29, 1.82) is 0 Å². The first-order valence-electron chi connectivity index (χ1n) is 7.94. The van der Waals surface area contributed by atoms with E-state index in [9.17, 15) is 18.0 Å². The van der Waals surface area contributed by atoms with Crippen molar-refractivity contribution in [3.63, 3.8) is 0 Å². The Morgan fingerprint density at radius 2 is 2.09 bits per heavy atom. The Morgan fingerprint density at radius 3 is 2.74 bits per heavy atom. The number of nitrogens with one attached hydrogen (secondary N) is 1. The predicted octanol–water partition coefficient (Wildman–Crippen LogP) is 2.76. The molecule has 0 atom stereocenters. The third-order valence-corrected chi connectivity index (χ3v) is 3.79. The van der Waals surface area contributed by atoms with E-state index in [1.807, 2.05) is 0 Å². The summed E-state index contributed by atoms with van der Waals surface area (Å²) < 4.78 is 43.9. The van der Waals surface area contributed by atoms with Crippen LogP contribution in [0.3, 0.4) is 0 Å². The molecule has 5 nitrogen and oxygen atoms in total. The Kier molecular flexibility index (Phi) is 6.44. The number of rotatable bonds is 7. The maximum absolute atomic E-state index is 12.4. The van der Waals surface area contributed by atoms with Crippen LogP contribution in [0.4, 0.5) is 13.2 Å². The summed E-state index contributed by atoms with van der Waals surface area (Å²) in [6.45, 7) is 0.809. The number of nitrogens with zero attached hydrogens (tertiary/aromatic N) is 2. The lowest BCUT2D eigenvalue weighted by Crippen LogP contribution is -2.29. The fourth-order valence-electron chi connectivity index (χ4n) is 2.59. The standard InChI is InChI=1S/C15H22F3N3O2/c16-15(17,18)13-7-9-21(20-13)11-14(22)19-8-4-10-23-12-5-2-1-3-6-12/h7,9,12H,1-6,8,10-11H2,(H,19,22). The molecule has 1 aliphatic carbocycles. The van der Waals surface area contributed by atoms with Gasteiger partial charge >= 0.3 is 6.18 Å². The number of halogens is 3. The Bertz CT molecular complexity index is 496. The average Bonchev–Trinajstić information content (AvgIpc) is 2.96. The molecule has 1 aliphatic rings. The van der Waals surface area contributed by atoms with E-state index in [1.54, 1.807) is 0 Å². The van der Waals surface area contributed by atoms with Gasteiger partial charge in [-0.1, -0.05) is 19.3 Å². The molecule has 0 radical (unpaired) electrons. The van der Waals surface area contributed by atoms with Crippen LogP contribution in [0, 0.1) is 0 Å². The van der Waals surface area contributed by atoms with Crippen molar-refractivity contribution in [1.82, 2.24) is 15.1 Å². The number of ether oxygens (including phenoxy) is 1. The monoisotopic (exact) mass is 333 g/mol. The second kappa shape index (κ2) is 8.33. The molecule has 1 fully saturated rings. The Hall–Kier alpha value is -1.57. The van der Waals surface area contributed by atoms with E-state index in [-0.39, 0.29) is 12.5 Å². The zero-order valence-corrected chi connectivity index (χ0v) is 12.9. The summed E-state index contributed by atoms with van der Waals surface area (Å²) in [6.07, 6.45) is 3.60. The van der Waals surface area contributed by atoms with Crippen LogP contribution in [0.25, 0.3) is 0 Å². The predicted molar refractivity (Wildman–Crippen MR) is 77.7 cm³/mol. The minimum atomic E-state index is -4.49. The molecular weight excluding hydrogens is 311 g/mol. The minimum Gasteiger partial charge on any atom is -0.378 e. The lowest BCUT2D eigenvalue weighted by Gasteiger charge is -2.21. The first kappa shape index (κ1) is 17.8. The summed E-state index contributed by atoms with van der Waals surface area (Å²) in [5, 5.41) is 5.99. The summed E-state index contributed by atoms with van der Waals surface area (Å²) >= 11 is 0. The number of carbonyl (C=O) groups is 1. The molecule has 1 N–H and O–H groups in total. The van der Waals surface area contributed by atoms with Crippen LogP contribution in [0.1, 0.15) is 44.2 Å². The van der Waals surface area contributed by atoms with E-state index < -0.39 is 11.9 Å². The van der Waals surface area contributed by atoms with E-state index in [4.69, 9.17) is 4.74 Å². The maximum Gasteiger partial charge on any atom is 0.435 e. The van der Waals surface area contributed by atoms with Gasteiger partial charge in [0.25, 0.3) is 0 Å². The molecule has 8 heteroatoms. The van der Waals surface area contributed by atoms with Gasteiger partial charge in [0.05, 0.1) is 6.10 Å². The van der Waals surface area contributed by atoms with Gasteiger partial charge in [0.2, 0.25) is 5.91 Å². The highest BCUT2D eigenvalue weighted by atomic mass is 19.4. The molecule has 23 heavy (non-hydrogen) atoms. The summed E-state index contributed by atoms with van der Waals surface area (Å²) in [5.74, 6) is -0.362. The first-order valence-corrected chi connectivity index (χ1v) is 7.94. The quantitative estimate of drug-likeness (QED) is 0.781. The van der Waals surface area contributed by atoms with Crippen molar-refractivity contribution >= 4 is 5.91 Å². The van der Waals surface area contributed by atoms with Crippen LogP contribution in [-0.2, 0) is 22.3 Å². The normalized spacial score (nSPS) is 16.5. The van der Waals surface area contributed by atoms with Crippen molar-refractivity contribution in [3.8, 4) is 0 Å². The third kappa shape index (κ3) is 6.21. The van der Waals surface area contributed by atoms with Crippen molar-refractivity contribution in [2.75, 3.05) is 13.2 Å². The smallest absolute Gasteiger partial charge is 0.378 e. The van der Waals surface area contributed by atoms with Crippen molar-refractivity contribution in [2.24, 2.45) is 0 Å². The zero-order chi connectivity index (χ0) is 16.7. The Labute approximate surface area is 133 Å². The fourth-order valence-corrected chi connectivity index (χ4v) is 2.59. The summed E-state index contributed by atoms with van der Waals surface area (Å²) in [4.78, 5) is 11.6. The fraction of sp³-hybridized carbons (Fsp3) is 0.733. The highest BCUT2D eigenvalue weighted by Crippen LogP contribution is 2.27. The summed E-state index contributed by atoms with van der Waals surface area (Å²) in [7, 11) is 0. The first-order chi connectivity index (χ1) is 10.9. The molecule has 0 spiro atoms. The number of aromatic nitrogens is 2. The molecule has 0 aliphatic heterocycles. The van der Waals surface area contributed by atoms with Gasteiger partial charge in [-0.15, -0.1) is 0 Å². The highest BCUT2D eigenvalue weighted by Gasteiger charge is 2.33. The minimum absolute atomic E-state index is 0.223. The molecule has 2 rings (SSSR count). The van der Waals surface area contributed by atoms with Crippen LogP contribution >= 0.6 is 0 Å². The van der Waals surface area contributed by atoms with Gasteiger partial charge in [0.1, 0.15) is 6.54 Å². The molecule has 1 aromatic rings. The molecule has 0 aromatic carbocycles. The maximum atomic E-state index is 12.4. The number of hydrogen-bond acceptors (Lipinski definition) is 3. The van der Waals surface area contributed by atoms with Crippen LogP contribution in [-0.4, -0.2) is 34.9 Å². The van der Waals surface area contributed by atoms with Crippen LogP contribution in [0.15, 0.2) is 12.3 Å². The molecule has 1 saturated carbocycles. The molecule has 1 amide bonds. The van der Waals surface area contributed by atoms with Gasteiger partial charge in [0, 0.05) is 19.3 Å². The largest absolute Gasteiger partial charge is 0.435 e. The molecule has 0 unspecified atom stereocenters. The highest BCUT2D eigenvalue weighted by molar-refractivity contribution is 5.75. The molecule has 1 heterocycles. The second-order valence-electron chi connectivity index (χ2n) is 5.73. The molecule has 130 valence electrons. The lowest BCUT2D eigenvalue weighted by molar-refractivity contribution is -0.141. The van der Waals surface area contributed by atoms with E-state index in [1.165, 1.54) is 19.3 Å². The summed E-state index contributed by atoms with van der Waals surface area (Å²) in [5.41, 5.74) is -0.994. The molecule has 0 saturated heterocycles. The number of amides is 1. The van der Waals surface area contributed by atoms with E-state index in [0.29, 0.717) is 25.7 Å². The third-order valence-electron chi connectivity index (χ3n) is 3.79. The van der Waals surface area contributed by atoms with Crippen LogP contribution in [0.2, 0.25) is 0 Å². The number of alkyl halides is 3. The van der Waals surface area contributed by atoms with Crippen LogP contribution in [0.5, 0.6) is 0 Å². The SMILES string of the molecule is O=C(Cn1ccc(C(F)(F)F)n1)NCCCOC1CCCCC1. The number of hydrogen-bond donors (Lipinski definition) is 1. The molecule has 0 bridgehead atoms. The van der Waals surface area contributed by atoms with Gasteiger partial charge in [-0.05, 0) is 25.3 Å².